The lowest BCUT2D eigenvalue weighted by Crippen LogP contribution is -2.37. The van der Waals surface area contributed by atoms with Crippen molar-refractivity contribution in [1.82, 2.24) is 0 Å². The molecule has 0 saturated carbocycles. The predicted octanol–water partition coefficient (Wildman–Crippen LogP) is 0.673. The van der Waals surface area contributed by atoms with Crippen LogP contribution in [-0.4, -0.2) is 58.2 Å². The quantitative estimate of drug-likeness (QED) is 0.794. The highest BCUT2D eigenvalue weighted by molar-refractivity contribution is 7.91. The minimum atomic E-state index is -3.01. The highest BCUT2D eigenvalue weighted by Crippen LogP contribution is 2.37. The van der Waals surface area contributed by atoms with E-state index in [4.69, 9.17) is 4.74 Å². The summed E-state index contributed by atoms with van der Waals surface area (Å²) in [5.74, 6) is 0.223. The van der Waals surface area contributed by atoms with E-state index in [1.807, 2.05) is 24.3 Å². The zero-order valence-electron chi connectivity index (χ0n) is 12.8. The van der Waals surface area contributed by atoms with Gasteiger partial charge in [0.25, 0.3) is 0 Å². The Morgan fingerprint density at radius 2 is 1.65 bits per heavy atom. The van der Waals surface area contributed by atoms with Gasteiger partial charge in [0.05, 0.1) is 30.8 Å². The smallest absolute Gasteiger partial charge is 0.227 e. The van der Waals surface area contributed by atoms with Crippen molar-refractivity contribution >= 4 is 27.1 Å². The minimum Gasteiger partial charge on any atom is -0.378 e. The molecule has 0 N–H and O–H groups in total. The number of morpholine rings is 1. The van der Waals surface area contributed by atoms with Crippen LogP contribution < -0.4 is 9.80 Å². The monoisotopic (exact) mass is 336 g/mol. The van der Waals surface area contributed by atoms with Gasteiger partial charge in [-0.3, -0.25) is 4.79 Å². The molecule has 1 amide bonds. The van der Waals surface area contributed by atoms with Gasteiger partial charge >= 0.3 is 0 Å². The number of sulfone groups is 1. The molecule has 0 unspecified atom stereocenters. The summed E-state index contributed by atoms with van der Waals surface area (Å²) in [4.78, 5) is 16.2. The molecule has 3 aliphatic rings. The van der Waals surface area contributed by atoms with E-state index in [9.17, 15) is 13.2 Å². The van der Waals surface area contributed by atoms with Gasteiger partial charge in [-0.05, 0) is 24.3 Å². The molecule has 4 rings (SSSR count). The lowest BCUT2D eigenvalue weighted by atomic mass is 10.0. The third-order valence-corrected chi connectivity index (χ3v) is 6.76. The molecule has 3 heterocycles. The number of hydrogen-bond donors (Lipinski definition) is 0. The highest BCUT2D eigenvalue weighted by atomic mass is 32.2. The van der Waals surface area contributed by atoms with Crippen molar-refractivity contribution in [3.63, 3.8) is 0 Å². The molecule has 3 saturated heterocycles. The second-order valence-corrected chi connectivity index (χ2v) is 8.64. The molecule has 0 aromatic heterocycles. The number of amides is 1. The number of anilines is 2. The van der Waals surface area contributed by atoms with Gasteiger partial charge in [0.2, 0.25) is 5.91 Å². The second kappa shape index (κ2) is 5.49. The van der Waals surface area contributed by atoms with E-state index < -0.39 is 9.84 Å². The Morgan fingerprint density at radius 3 is 2.35 bits per heavy atom. The molecule has 0 radical (unpaired) electrons. The fourth-order valence-electron chi connectivity index (χ4n) is 3.87. The number of carbonyl (C=O) groups is 1. The first-order valence-corrected chi connectivity index (χ1v) is 9.81. The molecule has 124 valence electrons. The molecule has 7 heteroatoms. The van der Waals surface area contributed by atoms with Crippen LogP contribution in [0.3, 0.4) is 0 Å². The number of carbonyl (C=O) groups excluding carboxylic acids is 1. The Labute approximate surface area is 135 Å². The van der Waals surface area contributed by atoms with Crippen LogP contribution >= 0.6 is 0 Å². The van der Waals surface area contributed by atoms with Gasteiger partial charge in [-0.1, -0.05) is 0 Å². The first kappa shape index (κ1) is 15.0. The van der Waals surface area contributed by atoms with Gasteiger partial charge in [0.15, 0.2) is 9.84 Å². The van der Waals surface area contributed by atoms with Crippen LogP contribution in [-0.2, 0) is 19.4 Å². The first-order valence-electron chi connectivity index (χ1n) is 7.99. The van der Waals surface area contributed by atoms with Gasteiger partial charge in [-0.2, -0.15) is 0 Å². The maximum Gasteiger partial charge on any atom is 0.227 e. The molecule has 2 atom stereocenters. The van der Waals surface area contributed by atoms with Crippen molar-refractivity contribution in [2.75, 3.05) is 47.6 Å². The van der Waals surface area contributed by atoms with Crippen molar-refractivity contribution in [2.24, 2.45) is 5.92 Å². The number of benzene rings is 1. The summed E-state index contributed by atoms with van der Waals surface area (Å²) in [7, 11) is -3.01. The molecule has 0 aliphatic carbocycles. The summed E-state index contributed by atoms with van der Waals surface area (Å²) in [6.07, 6.45) is 0.342. The molecule has 1 aromatic carbocycles. The number of nitrogens with zero attached hydrogens (tertiary/aromatic N) is 2. The summed E-state index contributed by atoms with van der Waals surface area (Å²) < 4.78 is 29.0. The third kappa shape index (κ3) is 2.72. The molecule has 23 heavy (non-hydrogen) atoms. The number of fused-ring (bicyclic) bond motifs is 1. The van der Waals surface area contributed by atoms with Crippen LogP contribution in [0.5, 0.6) is 0 Å². The van der Waals surface area contributed by atoms with E-state index in [2.05, 4.69) is 4.90 Å². The van der Waals surface area contributed by atoms with E-state index in [0.717, 1.165) is 37.7 Å². The Hall–Kier alpha value is -1.60. The highest BCUT2D eigenvalue weighted by Gasteiger charge is 2.49. The van der Waals surface area contributed by atoms with Gasteiger partial charge in [-0.25, -0.2) is 8.42 Å². The Kier molecular flexibility index (Phi) is 3.57. The van der Waals surface area contributed by atoms with Crippen LogP contribution in [0.15, 0.2) is 24.3 Å². The molecule has 3 fully saturated rings. The van der Waals surface area contributed by atoms with E-state index >= 15 is 0 Å². The summed E-state index contributed by atoms with van der Waals surface area (Å²) in [6, 6.07) is 7.67. The lowest BCUT2D eigenvalue weighted by molar-refractivity contribution is -0.117. The zero-order valence-corrected chi connectivity index (χ0v) is 13.7. The Bertz CT molecular complexity index is 710. The normalized spacial score (nSPS) is 29.8. The van der Waals surface area contributed by atoms with Crippen LogP contribution in [0.4, 0.5) is 11.4 Å². The molecular formula is C16H20N2O4S. The average Bonchev–Trinajstić information content (AvgIpc) is 2.98. The standard InChI is InChI=1S/C16H20N2O4S/c19-16-9-12-10-23(20,21)11-15(12)18(16)14-3-1-13(2-4-14)17-5-7-22-8-6-17/h1-4,12,15H,5-11H2/t12-,15-/m0/s1. The Balaban J connectivity index is 1.56. The lowest BCUT2D eigenvalue weighted by Gasteiger charge is -2.29. The molecule has 3 aliphatic heterocycles. The van der Waals surface area contributed by atoms with Crippen molar-refractivity contribution in [1.29, 1.82) is 0 Å². The fraction of sp³-hybridized carbons (Fsp3) is 0.562. The van der Waals surface area contributed by atoms with E-state index in [0.29, 0.717) is 6.42 Å². The van der Waals surface area contributed by atoms with Crippen molar-refractivity contribution < 1.29 is 17.9 Å². The number of hydrogen-bond acceptors (Lipinski definition) is 5. The molecular weight excluding hydrogens is 316 g/mol. The topological polar surface area (TPSA) is 66.9 Å². The molecule has 0 bridgehead atoms. The first-order chi connectivity index (χ1) is 11.0. The molecule has 1 aromatic rings. The summed E-state index contributed by atoms with van der Waals surface area (Å²) in [6.45, 7) is 3.19. The average molecular weight is 336 g/mol. The minimum absolute atomic E-state index is 0.0361. The largest absolute Gasteiger partial charge is 0.378 e. The van der Waals surface area contributed by atoms with Crippen LogP contribution in [0.25, 0.3) is 0 Å². The van der Waals surface area contributed by atoms with Gasteiger partial charge in [0.1, 0.15) is 0 Å². The van der Waals surface area contributed by atoms with Crippen LogP contribution in [0, 0.1) is 5.92 Å². The van der Waals surface area contributed by atoms with Crippen molar-refractivity contribution in [2.45, 2.75) is 12.5 Å². The van der Waals surface area contributed by atoms with Gasteiger partial charge in [0, 0.05) is 36.8 Å². The van der Waals surface area contributed by atoms with Gasteiger partial charge in [-0.15, -0.1) is 0 Å². The van der Waals surface area contributed by atoms with Crippen molar-refractivity contribution in [3.05, 3.63) is 24.3 Å². The third-order valence-electron chi connectivity index (χ3n) is 4.98. The number of ether oxygens (including phenoxy) is 1. The van der Waals surface area contributed by atoms with Gasteiger partial charge < -0.3 is 14.5 Å². The van der Waals surface area contributed by atoms with Crippen LogP contribution in [0.2, 0.25) is 0 Å². The second-order valence-electron chi connectivity index (χ2n) is 6.49. The number of rotatable bonds is 2. The van der Waals surface area contributed by atoms with E-state index in [1.54, 1.807) is 4.90 Å². The molecule has 6 nitrogen and oxygen atoms in total. The summed E-state index contributed by atoms with van der Waals surface area (Å²) >= 11 is 0. The predicted molar refractivity (Wildman–Crippen MR) is 87.5 cm³/mol. The van der Waals surface area contributed by atoms with E-state index in [1.165, 1.54) is 0 Å². The SMILES string of the molecule is O=C1C[C@H]2CS(=O)(=O)C[C@@H]2N1c1ccc(N2CCOCC2)cc1. The molecule has 0 spiro atoms. The van der Waals surface area contributed by atoms with Crippen molar-refractivity contribution in [3.8, 4) is 0 Å². The fourth-order valence-corrected chi connectivity index (χ4v) is 5.94. The maximum absolute atomic E-state index is 12.3. The van der Waals surface area contributed by atoms with E-state index in [-0.39, 0.29) is 29.4 Å². The summed E-state index contributed by atoms with van der Waals surface area (Å²) in [5.41, 5.74) is 1.91. The Morgan fingerprint density at radius 1 is 1.00 bits per heavy atom. The zero-order chi connectivity index (χ0) is 16.0. The maximum atomic E-state index is 12.3. The summed E-state index contributed by atoms with van der Waals surface area (Å²) in [5, 5.41) is 0. The van der Waals surface area contributed by atoms with Crippen LogP contribution in [0.1, 0.15) is 6.42 Å².